The summed E-state index contributed by atoms with van der Waals surface area (Å²) in [5.74, 6) is 1.33. The van der Waals surface area contributed by atoms with Crippen LogP contribution in [0.5, 0.6) is 0 Å². The second kappa shape index (κ2) is 13.0. The second-order valence-corrected chi connectivity index (χ2v) is 5.69. The number of nitrogens with two attached hydrogens (primary N) is 1. The summed E-state index contributed by atoms with van der Waals surface area (Å²) < 4.78 is 5.62. The lowest BCUT2D eigenvalue weighted by molar-refractivity contribution is -0.122. The van der Waals surface area contributed by atoms with Crippen LogP contribution in [0.3, 0.4) is 0 Å². The van der Waals surface area contributed by atoms with Gasteiger partial charge in [-0.15, -0.1) is 12.4 Å². The third-order valence-corrected chi connectivity index (χ3v) is 3.47. The highest BCUT2D eigenvalue weighted by Gasteiger charge is 2.15. The molecule has 0 saturated heterocycles. The van der Waals surface area contributed by atoms with E-state index in [1.165, 1.54) is 0 Å². The molecule has 0 aliphatic heterocycles. The molecule has 19 heavy (non-hydrogen) atoms. The van der Waals surface area contributed by atoms with Crippen molar-refractivity contribution in [3.63, 3.8) is 0 Å². The summed E-state index contributed by atoms with van der Waals surface area (Å²) in [6, 6.07) is -0.387. The lowest BCUT2D eigenvalue weighted by atomic mass is 10.0. The maximum Gasteiger partial charge on any atom is 0.236 e. The van der Waals surface area contributed by atoms with E-state index in [0.29, 0.717) is 19.1 Å². The summed E-state index contributed by atoms with van der Waals surface area (Å²) in [6.45, 7) is 7.60. The molecule has 0 aromatic carbocycles. The largest absolute Gasteiger partial charge is 0.378 e. The van der Waals surface area contributed by atoms with Gasteiger partial charge in [-0.3, -0.25) is 4.79 Å². The van der Waals surface area contributed by atoms with Crippen molar-refractivity contribution in [2.75, 3.05) is 25.2 Å². The third kappa shape index (κ3) is 10.5. The van der Waals surface area contributed by atoms with E-state index in [9.17, 15) is 4.79 Å². The molecule has 0 rings (SSSR count). The van der Waals surface area contributed by atoms with Gasteiger partial charge in [-0.1, -0.05) is 13.8 Å². The summed E-state index contributed by atoms with van der Waals surface area (Å²) in [5, 5.41) is 2.88. The average Bonchev–Trinajstić information content (AvgIpc) is 2.34. The number of thioether (sulfide) groups is 1. The van der Waals surface area contributed by atoms with Crippen molar-refractivity contribution in [3.05, 3.63) is 0 Å². The first-order valence-electron chi connectivity index (χ1n) is 6.66. The highest BCUT2D eigenvalue weighted by molar-refractivity contribution is 7.98. The molecule has 0 aliphatic rings. The number of nitrogens with one attached hydrogen (secondary N) is 1. The minimum atomic E-state index is -0.387. The number of carbonyl (C=O) groups is 1. The van der Waals surface area contributed by atoms with E-state index in [4.69, 9.17) is 10.5 Å². The zero-order chi connectivity index (χ0) is 14.0. The molecule has 1 unspecified atom stereocenters. The molecule has 3 N–H and O–H groups in total. The lowest BCUT2D eigenvalue weighted by Gasteiger charge is -2.21. The molecule has 0 radical (unpaired) electrons. The Morgan fingerprint density at radius 2 is 2.00 bits per heavy atom. The van der Waals surface area contributed by atoms with Crippen molar-refractivity contribution < 1.29 is 9.53 Å². The van der Waals surface area contributed by atoms with Crippen LogP contribution in [0, 0.1) is 5.92 Å². The fraction of sp³-hybridized carbons (Fsp3) is 0.923. The highest BCUT2D eigenvalue weighted by Crippen LogP contribution is 2.10. The van der Waals surface area contributed by atoms with Crippen LogP contribution in [0.2, 0.25) is 0 Å². The summed E-state index contributed by atoms with van der Waals surface area (Å²) in [5.41, 5.74) is 5.78. The minimum Gasteiger partial charge on any atom is -0.378 e. The first-order valence-corrected chi connectivity index (χ1v) is 8.06. The zero-order valence-electron chi connectivity index (χ0n) is 12.5. The number of halogens is 1. The lowest BCUT2D eigenvalue weighted by Crippen LogP contribution is -2.42. The van der Waals surface area contributed by atoms with Gasteiger partial charge in [0.05, 0.1) is 12.1 Å². The third-order valence-electron chi connectivity index (χ3n) is 2.82. The predicted molar refractivity (Wildman–Crippen MR) is 86.1 cm³/mol. The Balaban J connectivity index is 0. The molecule has 2 atom stereocenters. The molecule has 0 aliphatic carbocycles. The Morgan fingerprint density at radius 3 is 2.47 bits per heavy atom. The SMILES string of the molecule is CCOC(CCNC(=O)[C@@H](N)CCSC)C(C)C.Cl. The van der Waals surface area contributed by atoms with Crippen molar-refractivity contribution in [2.45, 2.75) is 45.8 Å². The number of amides is 1. The summed E-state index contributed by atoms with van der Waals surface area (Å²) in [6.07, 6.45) is 3.79. The summed E-state index contributed by atoms with van der Waals surface area (Å²) in [7, 11) is 0. The van der Waals surface area contributed by atoms with Gasteiger partial charge in [-0.25, -0.2) is 0 Å². The van der Waals surface area contributed by atoms with Gasteiger partial charge < -0.3 is 15.8 Å². The van der Waals surface area contributed by atoms with Gasteiger partial charge in [-0.2, -0.15) is 11.8 Å². The van der Waals surface area contributed by atoms with E-state index < -0.39 is 0 Å². The van der Waals surface area contributed by atoms with Gasteiger partial charge in [0.2, 0.25) is 5.91 Å². The van der Waals surface area contributed by atoms with Crippen molar-refractivity contribution in [2.24, 2.45) is 11.7 Å². The van der Waals surface area contributed by atoms with E-state index in [1.807, 2.05) is 13.2 Å². The second-order valence-electron chi connectivity index (χ2n) is 4.71. The molecule has 0 spiro atoms. The highest BCUT2D eigenvalue weighted by atomic mass is 35.5. The number of hydrogen-bond donors (Lipinski definition) is 2. The topological polar surface area (TPSA) is 64.3 Å². The van der Waals surface area contributed by atoms with Crippen molar-refractivity contribution in [1.29, 1.82) is 0 Å². The number of carbonyl (C=O) groups excluding carboxylic acids is 1. The van der Waals surface area contributed by atoms with E-state index >= 15 is 0 Å². The van der Waals surface area contributed by atoms with Crippen LogP contribution in [-0.2, 0) is 9.53 Å². The quantitative estimate of drug-likeness (QED) is 0.648. The molecule has 0 aromatic heterocycles. The Hall–Kier alpha value is 0.0300. The molecule has 0 saturated carbocycles. The van der Waals surface area contributed by atoms with Crippen molar-refractivity contribution in [1.82, 2.24) is 5.32 Å². The smallest absolute Gasteiger partial charge is 0.236 e. The van der Waals surface area contributed by atoms with Gasteiger partial charge in [0.15, 0.2) is 0 Å². The van der Waals surface area contributed by atoms with Crippen molar-refractivity contribution in [3.8, 4) is 0 Å². The van der Waals surface area contributed by atoms with Crippen molar-refractivity contribution >= 4 is 30.1 Å². The molecular weight excluding hydrogens is 284 g/mol. The number of ether oxygens (including phenoxy) is 1. The molecule has 0 heterocycles. The Morgan fingerprint density at radius 1 is 1.37 bits per heavy atom. The molecular formula is C13H29ClN2O2S. The Kier molecular flexibility index (Phi) is 14.6. The standard InChI is InChI=1S/C13H28N2O2S.ClH/c1-5-17-12(10(2)3)6-8-15-13(16)11(14)7-9-18-4;/h10-12H,5-9,14H2,1-4H3,(H,15,16);1H/t11-,12?;/m0./s1. The molecule has 0 fully saturated rings. The van der Waals surface area contributed by atoms with Crippen LogP contribution in [0.25, 0.3) is 0 Å². The minimum absolute atomic E-state index is 0. The van der Waals surface area contributed by atoms with Crippen LogP contribution in [0.4, 0.5) is 0 Å². The van der Waals surface area contributed by atoms with E-state index in [2.05, 4.69) is 19.2 Å². The van der Waals surface area contributed by atoms with E-state index in [0.717, 1.165) is 18.6 Å². The predicted octanol–water partition coefficient (Wildman–Crippen LogP) is 2.06. The van der Waals surface area contributed by atoms with Gasteiger partial charge in [-0.05, 0) is 37.7 Å². The number of hydrogen-bond acceptors (Lipinski definition) is 4. The molecule has 0 aromatic rings. The van der Waals surface area contributed by atoms with Gasteiger partial charge >= 0.3 is 0 Å². The fourth-order valence-electron chi connectivity index (χ4n) is 1.67. The van der Waals surface area contributed by atoms with Crippen LogP contribution in [-0.4, -0.2) is 43.2 Å². The Labute approximate surface area is 128 Å². The maximum absolute atomic E-state index is 11.7. The van der Waals surface area contributed by atoms with Crippen LogP contribution in [0.15, 0.2) is 0 Å². The van der Waals surface area contributed by atoms with Crippen LogP contribution >= 0.6 is 24.2 Å². The maximum atomic E-state index is 11.7. The first-order chi connectivity index (χ1) is 8.52. The molecule has 116 valence electrons. The Bertz CT molecular complexity index is 231. The molecule has 0 bridgehead atoms. The van der Waals surface area contributed by atoms with E-state index in [-0.39, 0.29) is 30.5 Å². The monoisotopic (exact) mass is 312 g/mol. The van der Waals surface area contributed by atoms with Gasteiger partial charge in [0, 0.05) is 13.2 Å². The first kappa shape index (κ1) is 21.3. The van der Waals surface area contributed by atoms with Gasteiger partial charge in [0.1, 0.15) is 0 Å². The van der Waals surface area contributed by atoms with E-state index in [1.54, 1.807) is 11.8 Å². The number of rotatable bonds is 10. The fourth-order valence-corrected chi connectivity index (χ4v) is 2.16. The van der Waals surface area contributed by atoms with Crippen LogP contribution < -0.4 is 11.1 Å². The normalized spacial score (nSPS) is 13.8. The average molecular weight is 313 g/mol. The molecule has 6 heteroatoms. The summed E-state index contributed by atoms with van der Waals surface area (Å²) in [4.78, 5) is 11.7. The van der Waals surface area contributed by atoms with Crippen LogP contribution in [0.1, 0.15) is 33.6 Å². The molecule has 4 nitrogen and oxygen atoms in total. The zero-order valence-corrected chi connectivity index (χ0v) is 14.1. The molecule has 1 amide bonds. The van der Waals surface area contributed by atoms with Gasteiger partial charge in [0.25, 0.3) is 0 Å². The summed E-state index contributed by atoms with van der Waals surface area (Å²) >= 11 is 1.71.